The number of fused-ring (bicyclic) bond motifs is 1. The van der Waals surface area contributed by atoms with Crippen molar-refractivity contribution >= 4 is 57.5 Å². The van der Waals surface area contributed by atoms with E-state index in [1.54, 1.807) is 23.9 Å². The molecule has 3 heterocycles. The normalized spacial score (nSPS) is 15.7. The molecule has 0 radical (unpaired) electrons. The van der Waals surface area contributed by atoms with Gasteiger partial charge in [0.2, 0.25) is 0 Å². The molecule has 1 fully saturated rings. The standard InChI is InChI=1S/C26H24ClN3O3S2/c1-14-5-4-6-17(9-14)24-23(29-16(3)35-24)26(32)30-7-8-34-22(30)13-28-25(31)20-11-18(27)12-21-19(20)10-15(2)33-21/h4-6,9-12,22H,7-8,13H2,1-3H3,(H,28,31). The highest BCUT2D eigenvalue weighted by molar-refractivity contribution is 8.00. The molecule has 0 saturated carbocycles. The van der Waals surface area contributed by atoms with E-state index in [1.165, 1.54) is 11.3 Å². The van der Waals surface area contributed by atoms with E-state index in [2.05, 4.69) is 16.4 Å². The Labute approximate surface area is 216 Å². The molecule has 180 valence electrons. The fourth-order valence-corrected chi connectivity index (χ4v) is 6.58. The molecule has 0 bridgehead atoms. The Morgan fingerprint density at radius 3 is 2.83 bits per heavy atom. The summed E-state index contributed by atoms with van der Waals surface area (Å²) in [6.45, 7) is 6.71. The second-order valence-electron chi connectivity index (χ2n) is 8.54. The molecular weight excluding hydrogens is 502 g/mol. The Kier molecular flexibility index (Phi) is 6.61. The summed E-state index contributed by atoms with van der Waals surface area (Å²) in [5, 5.41) is 4.82. The van der Waals surface area contributed by atoms with Crippen molar-refractivity contribution in [2.75, 3.05) is 18.8 Å². The lowest BCUT2D eigenvalue weighted by Gasteiger charge is -2.24. The van der Waals surface area contributed by atoms with Gasteiger partial charge in [0, 0.05) is 35.3 Å². The minimum atomic E-state index is -0.247. The number of aryl methyl sites for hydroxylation is 3. The second-order valence-corrected chi connectivity index (χ2v) is 11.5. The molecule has 1 unspecified atom stereocenters. The smallest absolute Gasteiger partial charge is 0.274 e. The molecule has 4 aromatic rings. The quantitative estimate of drug-likeness (QED) is 0.342. The largest absolute Gasteiger partial charge is 0.461 e. The van der Waals surface area contributed by atoms with E-state index in [0.717, 1.165) is 32.2 Å². The van der Waals surface area contributed by atoms with Gasteiger partial charge in [-0.2, -0.15) is 0 Å². The first-order valence-electron chi connectivity index (χ1n) is 11.2. The van der Waals surface area contributed by atoms with Crippen molar-refractivity contribution in [1.29, 1.82) is 0 Å². The molecule has 1 aliphatic rings. The molecule has 0 aliphatic carbocycles. The van der Waals surface area contributed by atoms with Crippen molar-refractivity contribution < 1.29 is 14.0 Å². The number of benzene rings is 2. The lowest BCUT2D eigenvalue weighted by atomic mass is 10.1. The van der Waals surface area contributed by atoms with Crippen LogP contribution in [0, 0.1) is 20.8 Å². The molecule has 6 nitrogen and oxygen atoms in total. The highest BCUT2D eigenvalue weighted by atomic mass is 35.5. The summed E-state index contributed by atoms with van der Waals surface area (Å²) in [5.74, 6) is 1.16. The van der Waals surface area contributed by atoms with Crippen molar-refractivity contribution in [2.45, 2.75) is 26.1 Å². The predicted molar refractivity (Wildman–Crippen MR) is 143 cm³/mol. The van der Waals surface area contributed by atoms with Crippen LogP contribution in [0.3, 0.4) is 0 Å². The number of carbonyl (C=O) groups excluding carboxylic acids is 2. The molecule has 0 spiro atoms. The number of nitrogens with zero attached hydrogens (tertiary/aromatic N) is 2. The van der Waals surface area contributed by atoms with Crippen LogP contribution in [0.2, 0.25) is 5.02 Å². The van der Waals surface area contributed by atoms with Crippen LogP contribution < -0.4 is 5.32 Å². The van der Waals surface area contributed by atoms with Crippen molar-refractivity contribution in [3.05, 3.63) is 75.1 Å². The number of hydrogen-bond donors (Lipinski definition) is 1. The number of thioether (sulfide) groups is 1. The van der Waals surface area contributed by atoms with Crippen LogP contribution in [0.25, 0.3) is 21.4 Å². The number of thiazole rings is 1. The maximum absolute atomic E-state index is 13.6. The molecule has 5 rings (SSSR count). The summed E-state index contributed by atoms with van der Waals surface area (Å²) in [4.78, 5) is 33.9. The van der Waals surface area contributed by atoms with Crippen LogP contribution in [0.1, 0.15) is 37.2 Å². The number of aromatic nitrogens is 1. The van der Waals surface area contributed by atoms with Gasteiger partial charge in [-0.3, -0.25) is 9.59 Å². The van der Waals surface area contributed by atoms with Gasteiger partial charge in [-0.25, -0.2) is 4.98 Å². The SMILES string of the molecule is Cc1cccc(-c2sc(C)nc2C(=O)N2CCSC2CNC(=O)c2cc(Cl)cc3oc(C)cc23)c1. The van der Waals surface area contributed by atoms with Gasteiger partial charge in [0.1, 0.15) is 17.0 Å². The van der Waals surface area contributed by atoms with Gasteiger partial charge in [0.25, 0.3) is 11.8 Å². The average Bonchev–Trinajstić information content (AvgIpc) is 3.54. The van der Waals surface area contributed by atoms with Gasteiger partial charge in [-0.1, -0.05) is 41.4 Å². The third kappa shape index (κ3) is 4.83. The first kappa shape index (κ1) is 23.9. The van der Waals surface area contributed by atoms with E-state index in [9.17, 15) is 9.59 Å². The average molecular weight is 526 g/mol. The molecule has 9 heteroatoms. The monoisotopic (exact) mass is 525 g/mol. The molecule has 1 atom stereocenters. The van der Waals surface area contributed by atoms with Crippen molar-refractivity contribution in [3.63, 3.8) is 0 Å². The first-order valence-corrected chi connectivity index (χ1v) is 13.5. The van der Waals surface area contributed by atoms with Crippen molar-refractivity contribution in [2.24, 2.45) is 0 Å². The van der Waals surface area contributed by atoms with Gasteiger partial charge in [-0.05, 0) is 38.5 Å². The third-order valence-corrected chi connectivity index (χ3v) is 8.34. The second kappa shape index (κ2) is 9.68. The van der Waals surface area contributed by atoms with E-state index in [1.807, 2.05) is 49.9 Å². The molecule has 1 aliphatic heterocycles. The van der Waals surface area contributed by atoms with E-state index < -0.39 is 0 Å². The number of rotatable bonds is 5. The lowest BCUT2D eigenvalue weighted by Crippen LogP contribution is -2.42. The van der Waals surface area contributed by atoms with Gasteiger partial charge >= 0.3 is 0 Å². The Balaban J connectivity index is 1.35. The molecule has 1 N–H and O–H groups in total. The fraction of sp³-hybridized carbons (Fsp3) is 0.269. The molecule has 2 aromatic carbocycles. The summed E-state index contributed by atoms with van der Waals surface area (Å²) in [6.07, 6.45) is 0. The Morgan fingerprint density at radius 2 is 2.03 bits per heavy atom. The summed E-state index contributed by atoms with van der Waals surface area (Å²) in [5.41, 5.74) is 3.64. The van der Waals surface area contributed by atoms with Gasteiger partial charge in [0.05, 0.1) is 20.8 Å². The number of halogens is 1. The van der Waals surface area contributed by atoms with E-state index >= 15 is 0 Å². The molecule has 1 saturated heterocycles. The van der Waals surface area contributed by atoms with Crippen LogP contribution in [0.5, 0.6) is 0 Å². The maximum atomic E-state index is 13.6. The predicted octanol–water partition coefficient (Wildman–Crippen LogP) is 6.08. The molecule has 2 aromatic heterocycles. The lowest BCUT2D eigenvalue weighted by molar-refractivity contribution is 0.0747. The zero-order valence-corrected chi connectivity index (χ0v) is 21.9. The van der Waals surface area contributed by atoms with E-state index in [-0.39, 0.29) is 17.2 Å². The van der Waals surface area contributed by atoms with E-state index in [0.29, 0.717) is 40.7 Å². The highest BCUT2D eigenvalue weighted by Crippen LogP contribution is 2.34. The van der Waals surface area contributed by atoms with Gasteiger partial charge in [-0.15, -0.1) is 23.1 Å². The topological polar surface area (TPSA) is 75.4 Å². The fourth-order valence-electron chi connectivity index (χ4n) is 4.31. The zero-order valence-electron chi connectivity index (χ0n) is 19.6. The summed E-state index contributed by atoms with van der Waals surface area (Å²) in [7, 11) is 0. The third-order valence-electron chi connectivity index (χ3n) is 5.88. The number of amides is 2. The van der Waals surface area contributed by atoms with Crippen LogP contribution in [0.15, 0.2) is 46.9 Å². The minimum absolute atomic E-state index is 0.106. The Morgan fingerprint density at radius 1 is 1.20 bits per heavy atom. The number of furan rings is 1. The molecule has 2 amide bonds. The summed E-state index contributed by atoms with van der Waals surface area (Å²) >= 11 is 9.39. The van der Waals surface area contributed by atoms with Gasteiger partial charge in [0.15, 0.2) is 0 Å². The van der Waals surface area contributed by atoms with Crippen LogP contribution >= 0.6 is 34.7 Å². The van der Waals surface area contributed by atoms with Crippen LogP contribution in [-0.2, 0) is 0 Å². The minimum Gasteiger partial charge on any atom is -0.461 e. The molecule has 35 heavy (non-hydrogen) atoms. The molecular formula is C26H24ClN3O3S2. The highest BCUT2D eigenvalue weighted by Gasteiger charge is 2.33. The van der Waals surface area contributed by atoms with Crippen LogP contribution in [-0.4, -0.2) is 45.9 Å². The van der Waals surface area contributed by atoms with Crippen molar-refractivity contribution in [1.82, 2.24) is 15.2 Å². The van der Waals surface area contributed by atoms with Crippen LogP contribution in [0.4, 0.5) is 0 Å². The number of hydrogen-bond acceptors (Lipinski definition) is 6. The summed E-state index contributed by atoms with van der Waals surface area (Å²) < 4.78 is 5.64. The summed E-state index contributed by atoms with van der Waals surface area (Å²) in [6, 6.07) is 13.3. The zero-order chi connectivity index (χ0) is 24.7. The Hall–Kier alpha value is -2.81. The number of nitrogens with one attached hydrogen (secondary N) is 1. The Bertz CT molecular complexity index is 1450. The van der Waals surface area contributed by atoms with E-state index in [4.69, 9.17) is 16.0 Å². The van der Waals surface area contributed by atoms with Gasteiger partial charge < -0.3 is 14.6 Å². The van der Waals surface area contributed by atoms with Crippen molar-refractivity contribution in [3.8, 4) is 10.4 Å². The number of carbonyl (C=O) groups is 2. The first-order chi connectivity index (χ1) is 16.8. The maximum Gasteiger partial charge on any atom is 0.274 e.